The van der Waals surface area contributed by atoms with Crippen molar-refractivity contribution in [2.45, 2.75) is 52.5 Å². The third kappa shape index (κ3) is 5.35. The first-order chi connectivity index (χ1) is 11.2. The average Bonchev–Trinajstić information content (AvgIpc) is 2.59. The number of morpholine rings is 1. The van der Waals surface area contributed by atoms with Crippen LogP contribution in [0.15, 0.2) is 4.99 Å². The summed E-state index contributed by atoms with van der Waals surface area (Å²) in [6.45, 7) is 13.6. The van der Waals surface area contributed by atoms with Crippen molar-refractivity contribution in [1.29, 1.82) is 0 Å². The van der Waals surface area contributed by atoms with Gasteiger partial charge in [-0.15, -0.1) is 0 Å². The molecule has 5 heteroatoms. The van der Waals surface area contributed by atoms with Gasteiger partial charge in [-0.3, -0.25) is 9.89 Å². The lowest BCUT2D eigenvalue weighted by molar-refractivity contribution is 0.00390. The van der Waals surface area contributed by atoms with Gasteiger partial charge in [0.1, 0.15) is 0 Å². The van der Waals surface area contributed by atoms with Gasteiger partial charge in [0.15, 0.2) is 5.96 Å². The lowest BCUT2D eigenvalue weighted by Gasteiger charge is -2.38. The molecule has 0 aromatic rings. The molecule has 2 heterocycles. The first kappa shape index (κ1) is 18.5. The molecule has 2 atom stereocenters. The van der Waals surface area contributed by atoms with E-state index in [2.05, 4.69) is 30.6 Å². The zero-order valence-corrected chi connectivity index (χ0v) is 15.3. The first-order valence-electron chi connectivity index (χ1n) is 9.52. The minimum absolute atomic E-state index is 0.495. The Balaban J connectivity index is 1.99. The Hall–Kier alpha value is -0.810. The lowest BCUT2D eigenvalue weighted by Crippen LogP contribution is -2.49. The molecule has 2 fully saturated rings. The van der Waals surface area contributed by atoms with Crippen molar-refractivity contribution in [2.24, 2.45) is 22.6 Å². The number of ether oxygens (including phenoxy) is 1. The fraction of sp³-hybridized carbons (Fsp3) is 0.944. The number of piperidine rings is 1. The molecule has 0 aromatic heterocycles. The standard InChI is InChI=1S/C18H36N4O/c1-4-16(5-2)17(21-9-11-23-12-10-21)13-20-18(19)22-8-6-7-15(3)14-22/h15-17H,4-14H2,1-3H3,(H2,19,20). The fourth-order valence-electron chi connectivity index (χ4n) is 3.99. The normalized spacial score (nSPS) is 25.8. The van der Waals surface area contributed by atoms with Crippen LogP contribution in [0.25, 0.3) is 0 Å². The number of hydrogen-bond donors (Lipinski definition) is 1. The summed E-state index contributed by atoms with van der Waals surface area (Å²) in [4.78, 5) is 9.65. The molecule has 2 aliphatic rings. The second-order valence-electron chi connectivity index (χ2n) is 7.18. The molecule has 2 N–H and O–H groups in total. The van der Waals surface area contributed by atoms with Gasteiger partial charge in [-0.05, 0) is 24.7 Å². The summed E-state index contributed by atoms with van der Waals surface area (Å²) < 4.78 is 5.52. The van der Waals surface area contributed by atoms with Crippen LogP contribution in [0, 0.1) is 11.8 Å². The Morgan fingerprint density at radius 2 is 1.91 bits per heavy atom. The minimum Gasteiger partial charge on any atom is -0.379 e. The molecule has 0 aromatic carbocycles. The molecule has 0 bridgehead atoms. The van der Waals surface area contributed by atoms with Gasteiger partial charge in [-0.1, -0.05) is 33.6 Å². The van der Waals surface area contributed by atoms with Crippen molar-refractivity contribution in [1.82, 2.24) is 9.80 Å². The van der Waals surface area contributed by atoms with Crippen LogP contribution in [0.5, 0.6) is 0 Å². The van der Waals surface area contributed by atoms with Crippen molar-refractivity contribution >= 4 is 5.96 Å². The third-order valence-corrected chi connectivity index (χ3v) is 5.53. The smallest absolute Gasteiger partial charge is 0.191 e. The van der Waals surface area contributed by atoms with E-state index in [9.17, 15) is 0 Å². The largest absolute Gasteiger partial charge is 0.379 e. The van der Waals surface area contributed by atoms with Crippen LogP contribution in [-0.2, 0) is 4.74 Å². The van der Waals surface area contributed by atoms with E-state index in [4.69, 9.17) is 15.5 Å². The number of aliphatic imine (C=N–C) groups is 1. The molecule has 0 aliphatic carbocycles. The van der Waals surface area contributed by atoms with Gasteiger partial charge in [0.05, 0.1) is 19.8 Å². The summed E-state index contributed by atoms with van der Waals surface area (Å²) in [5.41, 5.74) is 6.30. The summed E-state index contributed by atoms with van der Waals surface area (Å²) in [6.07, 6.45) is 4.95. The van der Waals surface area contributed by atoms with Crippen molar-refractivity contribution in [3.63, 3.8) is 0 Å². The first-order valence-corrected chi connectivity index (χ1v) is 9.52. The summed E-state index contributed by atoms with van der Waals surface area (Å²) in [5.74, 6) is 2.16. The maximum atomic E-state index is 6.30. The van der Waals surface area contributed by atoms with Crippen LogP contribution in [0.2, 0.25) is 0 Å². The molecule has 0 radical (unpaired) electrons. The minimum atomic E-state index is 0.495. The second kappa shape index (κ2) is 9.48. The van der Waals surface area contributed by atoms with E-state index in [0.717, 1.165) is 57.8 Å². The van der Waals surface area contributed by atoms with Crippen molar-refractivity contribution < 1.29 is 4.74 Å². The van der Waals surface area contributed by atoms with Gasteiger partial charge in [-0.25, -0.2) is 0 Å². The van der Waals surface area contributed by atoms with Crippen LogP contribution in [0.3, 0.4) is 0 Å². The summed E-state index contributed by atoms with van der Waals surface area (Å²) >= 11 is 0. The Morgan fingerprint density at radius 1 is 1.22 bits per heavy atom. The quantitative estimate of drug-likeness (QED) is 0.601. The zero-order valence-electron chi connectivity index (χ0n) is 15.3. The highest BCUT2D eigenvalue weighted by Crippen LogP contribution is 2.21. The molecule has 2 rings (SSSR count). The maximum absolute atomic E-state index is 6.30. The lowest BCUT2D eigenvalue weighted by atomic mass is 9.92. The van der Waals surface area contributed by atoms with E-state index in [1.54, 1.807) is 0 Å². The summed E-state index contributed by atoms with van der Waals surface area (Å²) in [5, 5.41) is 0. The molecule has 0 spiro atoms. The maximum Gasteiger partial charge on any atom is 0.191 e. The van der Waals surface area contributed by atoms with E-state index >= 15 is 0 Å². The van der Waals surface area contributed by atoms with Crippen LogP contribution in [0.4, 0.5) is 0 Å². The highest BCUT2D eigenvalue weighted by Gasteiger charge is 2.27. The molecule has 2 unspecified atom stereocenters. The number of nitrogens with two attached hydrogens (primary N) is 1. The average molecular weight is 325 g/mol. The van der Waals surface area contributed by atoms with Gasteiger partial charge in [-0.2, -0.15) is 0 Å². The third-order valence-electron chi connectivity index (χ3n) is 5.53. The predicted octanol–water partition coefficient (Wildman–Crippen LogP) is 2.17. The Kier molecular flexibility index (Phi) is 7.63. The Bertz CT molecular complexity index is 364. The number of hydrogen-bond acceptors (Lipinski definition) is 3. The van der Waals surface area contributed by atoms with Crippen molar-refractivity contribution in [3.05, 3.63) is 0 Å². The molecular weight excluding hydrogens is 288 g/mol. The van der Waals surface area contributed by atoms with Gasteiger partial charge in [0, 0.05) is 32.2 Å². The number of nitrogens with zero attached hydrogens (tertiary/aromatic N) is 3. The molecular formula is C18H36N4O. The summed E-state index contributed by atoms with van der Waals surface area (Å²) in [7, 11) is 0. The van der Waals surface area contributed by atoms with Crippen LogP contribution in [-0.4, -0.2) is 67.7 Å². The van der Waals surface area contributed by atoms with Gasteiger partial charge < -0.3 is 15.4 Å². The van der Waals surface area contributed by atoms with Crippen molar-refractivity contribution in [2.75, 3.05) is 45.9 Å². The highest BCUT2D eigenvalue weighted by atomic mass is 16.5. The van der Waals surface area contributed by atoms with Gasteiger partial charge >= 0.3 is 0 Å². The van der Waals surface area contributed by atoms with E-state index in [-0.39, 0.29) is 0 Å². The van der Waals surface area contributed by atoms with Crippen LogP contribution in [0.1, 0.15) is 46.5 Å². The van der Waals surface area contributed by atoms with E-state index in [1.165, 1.54) is 25.7 Å². The zero-order chi connectivity index (χ0) is 16.7. The number of rotatable bonds is 6. The van der Waals surface area contributed by atoms with Crippen molar-refractivity contribution in [3.8, 4) is 0 Å². The molecule has 0 saturated carbocycles. The fourth-order valence-corrected chi connectivity index (χ4v) is 3.99. The molecule has 0 amide bonds. The Labute approximate surface area is 142 Å². The molecule has 23 heavy (non-hydrogen) atoms. The predicted molar refractivity (Wildman–Crippen MR) is 96.7 cm³/mol. The number of likely N-dealkylation sites (tertiary alicyclic amines) is 1. The molecule has 5 nitrogen and oxygen atoms in total. The van der Waals surface area contributed by atoms with E-state index in [0.29, 0.717) is 12.0 Å². The SMILES string of the molecule is CCC(CC)C(CN=C(N)N1CCCC(C)C1)N1CCOCC1. The molecule has 2 saturated heterocycles. The topological polar surface area (TPSA) is 54.1 Å². The van der Waals surface area contributed by atoms with Gasteiger partial charge in [0.2, 0.25) is 0 Å². The monoisotopic (exact) mass is 324 g/mol. The van der Waals surface area contributed by atoms with E-state index in [1.807, 2.05) is 0 Å². The van der Waals surface area contributed by atoms with Crippen LogP contribution < -0.4 is 5.73 Å². The van der Waals surface area contributed by atoms with Gasteiger partial charge in [0.25, 0.3) is 0 Å². The van der Waals surface area contributed by atoms with Crippen LogP contribution >= 0.6 is 0 Å². The molecule has 2 aliphatic heterocycles. The van der Waals surface area contributed by atoms with E-state index < -0.39 is 0 Å². The second-order valence-corrected chi connectivity index (χ2v) is 7.18. The number of guanidine groups is 1. The Morgan fingerprint density at radius 3 is 2.52 bits per heavy atom. The summed E-state index contributed by atoms with van der Waals surface area (Å²) in [6, 6.07) is 0.495. The molecule has 134 valence electrons. The highest BCUT2D eigenvalue weighted by molar-refractivity contribution is 5.78.